The lowest BCUT2D eigenvalue weighted by Crippen LogP contribution is -2.49. The number of hydrogen-bond acceptors (Lipinski definition) is 3. The fourth-order valence-corrected chi connectivity index (χ4v) is 1.85. The molecule has 3 N–H and O–H groups in total. The topological polar surface area (TPSA) is 78.4 Å². The molecule has 0 radical (unpaired) electrons. The van der Waals surface area contributed by atoms with Gasteiger partial charge in [0.15, 0.2) is 0 Å². The fourth-order valence-electron chi connectivity index (χ4n) is 1.85. The van der Waals surface area contributed by atoms with E-state index in [1.807, 2.05) is 32.0 Å². The number of aliphatic hydroxyl groups excluding tert-OH is 1. The monoisotopic (exact) mass is 278 g/mol. The molecule has 0 spiro atoms. The maximum atomic E-state index is 12.0. The lowest BCUT2D eigenvalue weighted by molar-refractivity contribution is -0.129. The standard InChI is InChI=1S/C15H22N2O3/c1-10(2)14(17-11(3)18)15(20)16-9-13(19)12-7-5-4-6-8-12/h4-8,10,13-14,19H,9H2,1-3H3,(H,16,20)(H,17,18). The van der Waals surface area contributed by atoms with Crippen LogP contribution >= 0.6 is 0 Å². The summed E-state index contributed by atoms with van der Waals surface area (Å²) in [5, 5.41) is 15.2. The molecular formula is C15H22N2O3. The predicted octanol–water partition coefficient (Wildman–Crippen LogP) is 0.997. The van der Waals surface area contributed by atoms with Crippen molar-refractivity contribution in [3.8, 4) is 0 Å². The van der Waals surface area contributed by atoms with Gasteiger partial charge in [0, 0.05) is 13.5 Å². The van der Waals surface area contributed by atoms with Gasteiger partial charge >= 0.3 is 0 Å². The van der Waals surface area contributed by atoms with E-state index < -0.39 is 12.1 Å². The molecule has 5 heteroatoms. The van der Waals surface area contributed by atoms with Gasteiger partial charge in [0.1, 0.15) is 6.04 Å². The highest BCUT2D eigenvalue weighted by Gasteiger charge is 2.23. The van der Waals surface area contributed by atoms with E-state index in [-0.39, 0.29) is 24.3 Å². The molecule has 5 nitrogen and oxygen atoms in total. The Kier molecular flexibility index (Phi) is 6.18. The summed E-state index contributed by atoms with van der Waals surface area (Å²) < 4.78 is 0. The highest BCUT2D eigenvalue weighted by molar-refractivity contribution is 5.87. The summed E-state index contributed by atoms with van der Waals surface area (Å²) in [7, 11) is 0. The van der Waals surface area contributed by atoms with Gasteiger partial charge in [-0.05, 0) is 11.5 Å². The Morgan fingerprint density at radius 2 is 1.80 bits per heavy atom. The van der Waals surface area contributed by atoms with E-state index in [2.05, 4.69) is 10.6 Å². The number of benzene rings is 1. The zero-order chi connectivity index (χ0) is 15.1. The third-order valence-corrected chi connectivity index (χ3v) is 2.96. The molecule has 0 aliphatic heterocycles. The van der Waals surface area contributed by atoms with E-state index in [4.69, 9.17) is 0 Å². The maximum Gasteiger partial charge on any atom is 0.242 e. The van der Waals surface area contributed by atoms with Crippen LogP contribution in [0.15, 0.2) is 30.3 Å². The van der Waals surface area contributed by atoms with Crippen LogP contribution in [0.3, 0.4) is 0 Å². The molecule has 0 aliphatic rings. The number of hydrogen-bond donors (Lipinski definition) is 3. The van der Waals surface area contributed by atoms with Crippen LogP contribution in [-0.4, -0.2) is 29.5 Å². The smallest absolute Gasteiger partial charge is 0.242 e. The number of rotatable bonds is 6. The Labute approximate surface area is 119 Å². The molecule has 0 fully saturated rings. The summed E-state index contributed by atoms with van der Waals surface area (Å²) in [6, 6.07) is 8.52. The average molecular weight is 278 g/mol. The van der Waals surface area contributed by atoms with Gasteiger partial charge in [0.25, 0.3) is 0 Å². The van der Waals surface area contributed by atoms with Crippen LogP contribution in [0.25, 0.3) is 0 Å². The molecule has 1 aromatic rings. The summed E-state index contributed by atoms with van der Waals surface area (Å²) in [6.07, 6.45) is -0.759. The number of carbonyl (C=O) groups is 2. The highest BCUT2D eigenvalue weighted by Crippen LogP contribution is 2.11. The van der Waals surface area contributed by atoms with Crippen LogP contribution < -0.4 is 10.6 Å². The Morgan fingerprint density at radius 3 is 2.30 bits per heavy atom. The molecule has 0 bridgehead atoms. The zero-order valence-electron chi connectivity index (χ0n) is 12.1. The van der Waals surface area contributed by atoms with Crippen LogP contribution in [0, 0.1) is 5.92 Å². The largest absolute Gasteiger partial charge is 0.387 e. The minimum Gasteiger partial charge on any atom is -0.387 e. The van der Waals surface area contributed by atoms with Crippen molar-refractivity contribution < 1.29 is 14.7 Å². The van der Waals surface area contributed by atoms with Crippen molar-refractivity contribution in [1.29, 1.82) is 0 Å². The van der Waals surface area contributed by atoms with Gasteiger partial charge in [-0.2, -0.15) is 0 Å². The summed E-state index contributed by atoms with van der Waals surface area (Å²) in [6.45, 7) is 5.20. The SMILES string of the molecule is CC(=O)NC(C(=O)NCC(O)c1ccccc1)C(C)C. The van der Waals surface area contributed by atoms with E-state index in [0.29, 0.717) is 0 Å². The lowest BCUT2D eigenvalue weighted by atomic mass is 10.0. The molecule has 110 valence electrons. The molecule has 0 aliphatic carbocycles. The van der Waals surface area contributed by atoms with Crippen LogP contribution in [0.5, 0.6) is 0 Å². The van der Waals surface area contributed by atoms with Crippen molar-refractivity contribution in [2.45, 2.75) is 32.9 Å². The summed E-state index contributed by atoms with van der Waals surface area (Å²) in [5.74, 6) is -0.555. The van der Waals surface area contributed by atoms with Crippen LogP contribution in [0.2, 0.25) is 0 Å². The van der Waals surface area contributed by atoms with Gasteiger partial charge in [0.05, 0.1) is 6.10 Å². The van der Waals surface area contributed by atoms with Crippen molar-refractivity contribution >= 4 is 11.8 Å². The molecule has 0 saturated carbocycles. The van der Waals surface area contributed by atoms with Gasteiger partial charge in [-0.1, -0.05) is 44.2 Å². The zero-order valence-corrected chi connectivity index (χ0v) is 12.1. The molecule has 1 aromatic carbocycles. The molecule has 2 amide bonds. The maximum absolute atomic E-state index is 12.0. The Bertz CT molecular complexity index is 446. The van der Waals surface area contributed by atoms with Crippen molar-refractivity contribution in [2.75, 3.05) is 6.54 Å². The molecule has 0 aromatic heterocycles. The predicted molar refractivity (Wildman–Crippen MR) is 76.9 cm³/mol. The van der Waals surface area contributed by atoms with Gasteiger partial charge in [-0.3, -0.25) is 9.59 Å². The Hall–Kier alpha value is -1.88. The molecule has 2 atom stereocenters. The molecule has 1 rings (SSSR count). The summed E-state index contributed by atoms with van der Waals surface area (Å²) in [5.41, 5.74) is 0.744. The van der Waals surface area contributed by atoms with Gasteiger partial charge in [-0.15, -0.1) is 0 Å². The number of nitrogens with one attached hydrogen (secondary N) is 2. The summed E-state index contributed by atoms with van der Waals surface area (Å²) >= 11 is 0. The molecule has 2 unspecified atom stereocenters. The number of amides is 2. The van der Waals surface area contributed by atoms with Gasteiger partial charge in [0.2, 0.25) is 11.8 Å². The first kappa shape index (κ1) is 16.2. The van der Waals surface area contributed by atoms with Crippen LogP contribution in [-0.2, 0) is 9.59 Å². The first-order valence-electron chi connectivity index (χ1n) is 6.69. The van der Waals surface area contributed by atoms with Crippen molar-refractivity contribution in [3.05, 3.63) is 35.9 Å². The second-order valence-electron chi connectivity index (χ2n) is 5.09. The normalized spacial score (nSPS) is 13.7. The average Bonchev–Trinajstić information content (AvgIpc) is 2.42. The van der Waals surface area contributed by atoms with Crippen molar-refractivity contribution in [2.24, 2.45) is 5.92 Å². The first-order chi connectivity index (χ1) is 9.41. The van der Waals surface area contributed by atoms with E-state index in [1.54, 1.807) is 12.1 Å². The third-order valence-electron chi connectivity index (χ3n) is 2.96. The van der Waals surface area contributed by atoms with E-state index >= 15 is 0 Å². The van der Waals surface area contributed by atoms with E-state index in [9.17, 15) is 14.7 Å². The minimum atomic E-state index is -0.759. The molecule has 20 heavy (non-hydrogen) atoms. The molecule has 0 heterocycles. The number of aliphatic hydroxyl groups is 1. The van der Waals surface area contributed by atoms with E-state index in [1.165, 1.54) is 6.92 Å². The first-order valence-corrected chi connectivity index (χ1v) is 6.69. The quantitative estimate of drug-likeness (QED) is 0.726. The lowest BCUT2D eigenvalue weighted by Gasteiger charge is -2.22. The minimum absolute atomic E-state index is 0.0206. The highest BCUT2D eigenvalue weighted by atomic mass is 16.3. The second kappa shape index (κ2) is 7.65. The van der Waals surface area contributed by atoms with Gasteiger partial charge in [-0.25, -0.2) is 0 Å². The Balaban J connectivity index is 2.55. The van der Waals surface area contributed by atoms with Crippen molar-refractivity contribution in [3.63, 3.8) is 0 Å². The second-order valence-corrected chi connectivity index (χ2v) is 5.09. The van der Waals surface area contributed by atoms with E-state index in [0.717, 1.165) is 5.56 Å². The van der Waals surface area contributed by atoms with Crippen LogP contribution in [0.4, 0.5) is 0 Å². The summed E-state index contributed by atoms with van der Waals surface area (Å²) in [4.78, 5) is 23.1. The number of carbonyl (C=O) groups excluding carboxylic acids is 2. The Morgan fingerprint density at radius 1 is 1.20 bits per heavy atom. The molecular weight excluding hydrogens is 256 g/mol. The van der Waals surface area contributed by atoms with Crippen LogP contribution in [0.1, 0.15) is 32.4 Å². The third kappa shape index (κ3) is 5.01. The fraction of sp³-hybridized carbons (Fsp3) is 0.467. The van der Waals surface area contributed by atoms with Gasteiger partial charge < -0.3 is 15.7 Å². The molecule has 0 saturated heterocycles. The van der Waals surface area contributed by atoms with Crippen molar-refractivity contribution in [1.82, 2.24) is 10.6 Å².